The standard InChI is InChI=1S/C15H18N2O3/c1-4-19-15(18)12-6-5-9-16-14(12)17-11(3)13-8-7-10(2)20-13/h5-9,11H,4H2,1-3H3,(H,16,17). The van der Waals surface area contributed by atoms with E-state index in [2.05, 4.69) is 10.3 Å². The lowest BCUT2D eigenvalue weighted by atomic mass is 10.2. The first kappa shape index (κ1) is 14.1. The molecule has 2 aromatic heterocycles. The van der Waals surface area contributed by atoms with Gasteiger partial charge in [-0.3, -0.25) is 0 Å². The predicted molar refractivity (Wildman–Crippen MR) is 75.7 cm³/mol. The molecule has 0 aromatic carbocycles. The largest absolute Gasteiger partial charge is 0.464 e. The van der Waals surface area contributed by atoms with Gasteiger partial charge in [-0.25, -0.2) is 9.78 Å². The fraction of sp³-hybridized carbons (Fsp3) is 0.333. The van der Waals surface area contributed by atoms with Crippen LogP contribution < -0.4 is 5.32 Å². The van der Waals surface area contributed by atoms with Gasteiger partial charge in [-0.05, 0) is 45.0 Å². The van der Waals surface area contributed by atoms with Gasteiger partial charge in [0.1, 0.15) is 22.9 Å². The average molecular weight is 274 g/mol. The fourth-order valence-corrected chi connectivity index (χ4v) is 1.86. The number of anilines is 1. The Bertz CT molecular complexity index is 592. The average Bonchev–Trinajstić information content (AvgIpc) is 2.86. The third kappa shape index (κ3) is 3.17. The lowest BCUT2D eigenvalue weighted by Crippen LogP contribution is -2.13. The summed E-state index contributed by atoms with van der Waals surface area (Å²) in [6.07, 6.45) is 1.63. The monoisotopic (exact) mass is 274 g/mol. The second-order valence-corrected chi connectivity index (χ2v) is 4.43. The summed E-state index contributed by atoms with van der Waals surface area (Å²) in [6, 6.07) is 7.11. The van der Waals surface area contributed by atoms with Gasteiger partial charge in [-0.1, -0.05) is 0 Å². The maximum absolute atomic E-state index is 11.9. The van der Waals surface area contributed by atoms with E-state index in [0.717, 1.165) is 11.5 Å². The molecule has 1 unspecified atom stereocenters. The van der Waals surface area contributed by atoms with E-state index in [-0.39, 0.29) is 12.0 Å². The van der Waals surface area contributed by atoms with Gasteiger partial charge in [0.2, 0.25) is 0 Å². The Morgan fingerprint density at radius 1 is 1.45 bits per heavy atom. The molecule has 0 bridgehead atoms. The molecule has 0 fully saturated rings. The highest BCUT2D eigenvalue weighted by molar-refractivity contribution is 5.94. The molecule has 1 atom stereocenters. The third-order valence-electron chi connectivity index (χ3n) is 2.84. The first-order valence-corrected chi connectivity index (χ1v) is 6.56. The van der Waals surface area contributed by atoms with Crippen LogP contribution in [0.2, 0.25) is 0 Å². The minimum absolute atomic E-state index is 0.0909. The summed E-state index contributed by atoms with van der Waals surface area (Å²) in [5.41, 5.74) is 0.421. The molecule has 0 amide bonds. The van der Waals surface area contributed by atoms with E-state index in [4.69, 9.17) is 9.15 Å². The van der Waals surface area contributed by atoms with E-state index in [1.807, 2.05) is 26.0 Å². The van der Waals surface area contributed by atoms with E-state index in [0.29, 0.717) is 18.0 Å². The number of carbonyl (C=O) groups is 1. The molecule has 2 rings (SSSR count). The van der Waals surface area contributed by atoms with Gasteiger partial charge in [-0.2, -0.15) is 0 Å². The van der Waals surface area contributed by atoms with Crippen LogP contribution in [0.4, 0.5) is 5.82 Å². The SMILES string of the molecule is CCOC(=O)c1cccnc1NC(C)c1ccc(C)o1. The molecule has 0 spiro atoms. The van der Waals surface area contributed by atoms with Crippen LogP contribution >= 0.6 is 0 Å². The summed E-state index contributed by atoms with van der Waals surface area (Å²) in [5, 5.41) is 3.17. The zero-order valence-electron chi connectivity index (χ0n) is 11.8. The molecule has 0 aliphatic carbocycles. The number of nitrogens with zero attached hydrogens (tertiary/aromatic N) is 1. The van der Waals surface area contributed by atoms with Crippen molar-refractivity contribution in [3.8, 4) is 0 Å². The Hall–Kier alpha value is -2.30. The van der Waals surface area contributed by atoms with Gasteiger partial charge in [-0.15, -0.1) is 0 Å². The lowest BCUT2D eigenvalue weighted by molar-refractivity contribution is 0.0527. The van der Waals surface area contributed by atoms with Gasteiger partial charge in [0.15, 0.2) is 0 Å². The highest BCUT2D eigenvalue weighted by Gasteiger charge is 2.16. The van der Waals surface area contributed by atoms with Crippen molar-refractivity contribution in [2.45, 2.75) is 26.8 Å². The number of ether oxygens (including phenoxy) is 1. The molecular weight excluding hydrogens is 256 g/mol. The minimum atomic E-state index is -0.383. The zero-order chi connectivity index (χ0) is 14.5. The molecular formula is C15H18N2O3. The number of pyridine rings is 1. The molecule has 0 aliphatic heterocycles. The van der Waals surface area contributed by atoms with Crippen LogP contribution in [0.5, 0.6) is 0 Å². The smallest absolute Gasteiger partial charge is 0.341 e. The normalized spacial score (nSPS) is 11.9. The highest BCUT2D eigenvalue weighted by atomic mass is 16.5. The van der Waals surface area contributed by atoms with Crippen molar-refractivity contribution in [2.24, 2.45) is 0 Å². The Labute approximate surface area is 118 Å². The Kier molecular flexibility index (Phi) is 4.40. The summed E-state index contributed by atoms with van der Waals surface area (Å²) in [6.45, 7) is 5.94. The molecule has 20 heavy (non-hydrogen) atoms. The summed E-state index contributed by atoms with van der Waals surface area (Å²) in [5.74, 6) is 1.75. The Morgan fingerprint density at radius 2 is 2.25 bits per heavy atom. The number of aromatic nitrogens is 1. The molecule has 1 N–H and O–H groups in total. The van der Waals surface area contributed by atoms with Crippen LogP contribution in [0.3, 0.4) is 0 Å². The van der Waals surface area contributed by atoms with Crippen LogP contribution in [0.1, 0.15) is 41.8 Å². The van der Waals surface area contributed by atoms with Crippen molar-refractivity contribution < 1.29 is 13.9 Å². The number of esters is 1. The maximum Gasteiger partial charge on any atom is 0.341 e. The van der Waals surface area contributed by atoms with Crippen LogP contribution in [-0.4, -0.2) is 17.6 Å². The first-order valence-electron chi connectivity index (χ1n) is 6.56. The topological polar surface area (TPSA) is 64.4 Å². The van der Waals surface area contributed by atoms with Gasteiger partial charge in [0.25, 0.3) is 0 Å². The molecule has 5 nitrogen and oxygen atoms in total. The van der Waals surface area contributed by atoms with Crippen molar-refractivity contribution in [3.63, 3.8) is 0 Å². The lowest BCUT2D eigenvalue weighted by Gasteiger charge is -2.14. The van der Waals surface area contributed by atoms with E-state index in [9.17, 15) is 4.79 Å². The van der Waals surface area contributed by atoms with E-state index >= 15 is 0 Å². The summed E-state index contributed by atoms with van der Waals surface area (Å²) in [4.78, 5) is 16.1. The Morgan fingerprint density at radius 3 is 2.90 bits per heavy atom. The predicted octanol–water partition coefficient (Wildman–Crippen LogP) is 3.33. The van der Waals surface area contributed by atoms with Crippen molar-refractivity contribution in [2.75, 3.05) is 11.9 Å². The molecule has 106 valence electrons. The van der Waals surface area contributed by atoms with Crippen molar-refractivity contribution >= 4 is 11.8 Å². The molecule has 0 aliphatic rings. The summed E-state index contributed by atoms with van der Waals surface area (Å²) < 4.78 is 10.6. The summed E-state index contributed by atoms with van der Waals surface area (Å²) >= 11 is 0. The van der Waals surface area contributed by atoms with Crippen molar-refractivity contribution in [1.29, 1.82) is 0 Å². The van der Waals surface area contributed by atoms with Crippen LogP contribution in [0.25, 0.3) is 0 Å². The number of hydrogen-bond acceptors (Lipinski definition) is 5. The number of aryl methyl sites for hydroxylation is 1. The van der Waals surface area contributed by atoms with Crippen molar-refractivity contribution in [1.82, 2.24) is 4.98 Å². The number of furan rings is 1. The zero-order valence-corrected chi connectivity index (χ0v) is 11.8. The number of carbonyl (C=O) groups excluding carboxylic acids is 1. The number of hydrogen-bond donors (Lipinski definition) is 1. The molecule has 2 heterocycles. The molecule has 0 saturated heterocycles. The second-order valence-electron chi connectivity index (χ2n) is 4.43. The molecule has 0 saturated carbocycles. The van der Waals surface area contributed by atoms with Gasteiger partial charge < -0.3 is 14.5 Å². The Balaban J connectivity index is 2.18. The van der Waals surface area contributed by atoms with E-state index in [1.165, 1.54) is 0 Å². The summed E-state index contributed by atoms with van der Waals surface area (Å²) in [7, 11) is 0. The van der Waals surface area contributed by atoms with Crippen LogP contribution in [-0.2, 0) is 4.74 Å². The minimum Gasteiger partial charge on any atom is -0.464 e. The van der Waals surface area contributed by atoms with Crippen LogP contribution in [0.15, 0.2) is 34.9 Å². The number of rotatable bonds is 5. The number of nitrogens with one attached hydrogen (secondary N) is 1. The van der Waals surface area contributed by atoms with Crippen molar-refractivity contribution in [3.05, 3.63) is 47.5 Å². The second kappa shape index (κ2) is 6.23. The van der Waals surface area contributed by atoms with Gasteiger partial charge in [0, 0.05) is 6.20 Å². The van der Waals surface area contributed by atoms with E-state index < -0.39 is 0 Å². The fourth-order valence-electron chi connectivity index (χ4n) is 1.86. The molecule has 0 radical (unpaired) electrons. The first-order chi connectivity index (χ1) is 9.61. The quantitative estimate of drug-likeness (QED) is 0.847. The van der Waals surface area contributed by atoms with Crippen LogP contribution in [0, 0.1) is 6.92 Å². The molecule has 2 aromatic rings. The van der Waals surface area contributed by atoms with Gasteiger partial charge >= 0.3 is 5.97 Å². The third-order valence-corrected chi connectivity index (χ3v) is 2.84. The van der Waals surface area contributed by atoms with E-state index in [1.54, 1.807) is 25.3 Å². The highest BCUT2D eigenvalue weighted by Crippen LogP contribution is 2.22. The molecule has 5 heteroatoms. The maximum atomic E-state index is 11.9. The van der Waals surface area contributed by atoms with Gasteiger partial charge in [0.05, 0.1) is 12.6 Å².